The summed E-state index contributed by atoms with van der Waals surface area (Å²) < 4.78 is 5.48. The van der Waals surface area contributed by atoms with Gasteiger partial charge in [-0.15, -0.1) is 0 Å². The monoisotopic (exact) mass is 376 g/mol. The maximum absolute atomic E-state index is 5.48. The lowest BCUT2D eigenvalue weighted by atomic mass is 10.0. The third-order valence-electron chi connectivity index (χ3n) is 4.85. The van der Waals surface area contributed by atoms with E-state index in [0.717, 1.165) is 70.6 Å². The minimum Gasteiger partial charge on any atom is -0.379 e. The number of rotatable bonds is 10. The van der Waals surface area contributed by atoms with Gasteiger partial charge in [-0.2, -0.15) is 0 Å². The van der Waals surface area contributed by atoms with Crippen molar-refractivity contribution < 1.29 is 4.74 Å². The van der Waals surface area contributed by atoms with Crippen LogP contribution in [0.1, 0.15) is 26.7 Å². The summed E-state index contributed by atoms with van der Waals surface area (Å²) >= 11 is 0. The Morgan fingerprint density at radius 3 is 2.63 bits per heavy atom. The molecule has 7 heteroatoms. The van der Waals surface area contributed by atoms with Crippen LogP contribution < -0.4 is 16.0 Å². The number of anilines is 1. The first-order valence-corrected chi connectivity index (χ1v) is 10.1. The molecule has 2 heterocycles. The van der Waals surface area contributed by atoms with Gasteiger partial charge in [0, 0.05) is 52.0 Å². The molecule has 0 radical (unpaired) electrons. The summed E-state index contributed by atoms with van der Waals surface area (Å²) in [4.78, 5) is 11.1. The molecule has 1 unspecified atom stereocenters. The van der Waals surface area contributed by atoms with Crippen LogP contribution in [0.4, 0.5) is 5.82 Å². The zero-order valence-corrected chi connectivity index (χ0v) is 17.1. The van der Waals surface area contributed by atoms with E-state index in [1.165, 1.54) is 0 Å². The van der Waals surface area contributed by atoms with Gasteiger partial charge in [0.25, 0.3) is 0 Å². The predicted octanol–water partition coefficient (Wildman–Crippen LogP) is 1.80. The zero-order chi connectivity index (χ0) is 19.3. The Bertz CT molecular complexity index is 531. The Labute approximate surface area is 164 Å². The summed E-state index contributed by atoms with van der Waals surface area (Å²) in [6.07, 6.45) is 3.97. The lowest BCUT2D eigenvalue weighted by molar-refractivity contribution is 0.00752. The first-order chi connectivity index (χ1) is 13.2. The summed E-state index contributed by atoms with van der Waals surface area (Å²) in [6.45, 7) is 11.0. The van der Waals surface area contributed by atoms with Crippen LogP contribution in [0.25, 0.3) is 0 Å². The number of nitrogens with one attached hydrogen (secondary N) is 3. The highest BCUT2D eigenvalue weighted by molar-refractivity contribution is 5.79. The second kappa shape index (κ2) is 12.5. The second-order valence-corrected chi connectivity index (χ2v) is 7.19. The van der Waals surface area contributed by atoms with Crippen molar-refractivity contribution in [1.82, 2.24) is 20.5 Å². The van der Waals surface area contributed by atoms with E-state index < -0.39 is 0 Å². The third-order valence-corrected chi connectivity index (χ3v) is 4.85. The fourth-order valence-electron chi connectivity index (χ4n) is 3.26. The van der Waals surface area contributed by atoms with Crippen molar-refractivity contribution in [2.45, 2.75) is 32.7 Å². The van der Waals surface area contributed by atoms with Crippen LogP contribution in [0.3, 0.4) is 0 Å². The van der Waals surface area contributed by atoms with Crippen molar-refractivity contribution in [2.24, 2.45) is 10.9 Å². The molecule has 1 saturated heterocycles. The highest BCUT2D eigenvalue weighted by atomic mass is 16.5. The summed E-state index contributed by atoms with van der Waals surface area (Å²) in [5.74, 6) is 2.41. The Hall–Kier alpha value is -1.86. The minimum atomic E-state index is 0.495. The average molecular weight is 377 g/mol. The van der Waals surface area contributed by atoms with Crippen LogP contribution in [0.15, 0.2) is 29.4 Å². The van der Waals surface area contributed by atoms with Gasteiger partial charge < -0.3 is 20.7 Å². The van der Waals surface area contributed by atoms with E-state index in [2.05, 4.69) is 44.7 Å². The van der Waals surface area contributed by atoms with Crippen LogP contribution in [-0.4, -0.2) is 74.9 Å². The van der Waals surface area contributed by atoms with Crippen molar-refractivity contribution in [3.63, 3.8) is 0 Å². The predicted molar refractivity (Wildman–Crippen MR) is 112 cm³/mol. The SMILES string of the molecule is CN=C(NCCCCNc1ccccn1)NCC(C(C)C)N1CCOCC1. The van der Waals surface area contributed by atoms with Gasteiger partial charge in [0.2, 0.25) is 0 Å². The maximum Gasteiger partial charge on any atom is 0.191 e. The van der Waals surface area contributed by atoms with Gasteiger partial charge in [-0.25, -0.2) is 4.98 Å². The number of hydrogen-bond donors (Lipinski definition) is 3. The smallest absolute Gasteiger partial charge is 0.191 e. The minimum absolute atomic E-state index is 0.495. The number of unbranched alkanes of at least 4 members (excludes halogenated alkanes) is 1. The van der Waals surface area contributed by atoms with Gasteiger partial charge >= 0.3 is 0 Å². The van der Waals surface area contributed by atoms with Gasteiger partial charge in [-0.05, 0) is 30.9 Å². The molecule has 0 bridgehead atoms. The average Bonchev–Trinajstić information content (AvgIpc) is 2.70. The molecule has 2 rings (SSSR count). The van der Waals surface area contributed by atoms with Gasteiger partial charge in [0.05, 0.1) is 13.2 Å². The molecule has 1 fully saturated rings. The molecule has 0 aliphatic carbocycles. The van der Waals surface area contributed by atoms with Crippen molar-refractivity contribution >= 4 is 11.8 Å². The second-order valence-electron chi connectivity index (χ2n) is 7.19. The van der Waals surface area contributed by atoms with E-state index >= 15 is 0 Å². The van der Waals surface area contributed by atoms with Crippen LogP contribution in [-0.2, 0) is 4.74 Å². The number of morpholine rings is 1. The molecule has 0 spiro atoms. The normalized spacial score (nSPS) is 17.0. The molecule has 1 aromatic heterocycles. The van der Waals surface area contributed by atoms with Gasteiger partial charge in [-0.3, -0.25) is 9.89 Å². The van der Waals surface area contributed by atoms with E-state index in [1.54, 1.807) is 6.20 Å². The molecule has 1 aliphatic heterocycles. The first kappa shape index (κ1) is 21.4. The quantitative estimate of drug-likeness (QED) is 0.328. The molecule has 7 nitrogen and oxygen atoms in total. The van der Waals surface area contributed by atoms with Crippen LogP contribution in [0, 0.1) is 5.92 Å². The van der Waals surface area contributed by atoms with E-state index in [-0.39, 0.29) is 0 Å². The number of nitrogens with zero attached hydrogens (tertiary/aromatic N) is 3. The van der Waals surface area contributed by atoms with E-state index in [4.69, 9.17) is 4.74 Å². The summed E-state index contributed by atoms with van der Waals surface area (Å²) in [6, 6.07) is 6.41. The number of pyridine rings is 1. The highest BCUT2D eigenvalue weighted by Crippen LogP contribution is 2.12. The van der Waals surface area contributed by atoms with Crippen molar-refractivity contribution in [3.05, 3.63) is 24.4 Å². The lowest BCUT2D eigenvalue weighted by Gasteiger charge is -2.37. The molecule has 152 valence electrons. The molecule has 27 heavy (non-hydrogen) atoms. The van der Waals surface area contributed by atoms with Crippen LogP contribution in [0.5, 0.6) is 0 Å². The number of ether oxygens (including phenoxy) is 1. The zero-order valence-electron chi connectivity index (χ0n) is 17.1. The van der Waals surface area contributed by atoms with Gasteiger partial charge in [0.15, 0.2) is 5.96 Å². The molecule has 0 saturated carbocycles. The van der Waals surface area contributed by atoms with Crippen LogP contribution in [0.2, 0.25) is 0 Å². The van der Waals surface area contributed by atoms with E-state index in [9.17, 15) is 0 Å². The molecule has 0 aromatic carbocycles. The number of hydrogen-bond acceptors (Lipinski definition) is 5. The molecule has 0 amide bonds. The molecule has 1 atom stereocenters. The summed E-state index contributed by atoms with van der Waals surface area (Å²) in [7, 11) is 1.83. The fraction of sp³-hybridized carbons (Fsp3) is 0.700. The molecular formula is C20H36N6O. The van der Waals surface area contributed by atoms with Crippen LogP contribution >= 0.6 is 0 Å². The Morgan fingerprint density at radius 1 is 1.19 bits per heavy atom. The Kier molecular flexibility index (Phi) is 9.94. The number of guanidine groups is 1. The largest absolute Gasteiger partial charge is 0.379 e. The number of aliphatic imine (C=N–C) groups is 1. The van der Waals surface area contributed by atoms with Gasteiger partial charge in [-0.1, -0.05) is 19.9 Å². The first-order valence-electron chi connectivity index (χ1n) is 10.1. The Morgan fingerprint density at radius 2 is 1.96 bits per heavy atom. The lowest BCUT2D eigenvalue weighted by Crippen LogP contribution is -2.52. The topological polar surface area (TPSA) is 73.8 Å². The fourth-order valence-corrected chi connectivity index (χ4v) is 3.26. The van der Waals surface area contributed by atoms with E-state index in [0.29, 0.717) is 12.0 Å². The maximum atomic E-state index is 5.48. The molecular weight excluding hydrogens is 340 g/mol. The Balaban J connectivity index is 1.61. The van der Waals surface area contributed by atoms with Crippen molar-refractivity contribution in [2.75, 3.05) is 58.3 Å². The van der Waals surface area contributed by atoms with E-state index in [1.807, 2.05) is 25.2 Å². The number of aromatic nitrogens is 1. The highest BCUT2D eigenvalue weighted by Gasteiger charge is 2.23. The third kappa shape index (κ3) is 8.13. The van der Waals surface area contributed by atoms with Gasteiger partial charge in [0.1, 0.15) is 5.82 Å². The molecule has 3 N–H and O–H groups in total. The molecule has 1 aromatic rings. The van der Waals surface area contributed by atoms with Crippen molar-refractivity contribution in [1.29, 1.82) is 0 Å². The summed E-state index contributed by atoms with van der Waals surface area (Å²) in [5.41, 5.74) is 0. The van der Waals surface area contributed by atoms with Crippen molar-refractivity contribution in [3.8, 4) is 0 Å². The summed E-state index contributed by atoms with van der Waals surface area (Å²) in [5, 5.41) is 10.2. The standard InChI is InChI=1S/C20H36N6O/c1-17(2)18(26-12-14-27-15-13-26)16-25-20(21-3)24-11-7-6-10-23-19-8-4-5-9-22-19/h4-5,8-9,17-18H,6-7,10-16H2,1-3H3,(H,22,23)(H2,21,24,25). The molecule has 1 aliphatic rings.